The van der Waals surface area contributed by atoms with Crippen molar-refractivity contribution in [1.29, 1.82) is 0 Å². The number of nitrogens with one attached hydrogen (secondary N) is 1. The van der Waals surface area contributed by atoms with Gasteiger partial charge in [0, 0.05) is 34.8 Å². The predicted octanol–water partition coefficient (Wildman–Crippen LogP) is 4.28. The van der Waals surface area contributed by atoms with E-state index in [0.717, 1.165) is 10.9 Å². The van der Waals surface area contributed by atoms with E-state index in [1.165, 1.54) is 4.90 Å². The maximum atomic E-state index is 13.3. The molecule has 0 amide bonds. The van der Waals surface area contributed by atoms with Crippen molar-refractivity contribution in [3.63, 3.8) is 0 Å². The van der Waals surface area contributed by atoms with Crippen LogP contribution in [0.5, 0.6) is 0 Å². The van der Waals surface area contributed by atoms with Gasteiger partial charge >= 0.3 is 12.4 Å². The summed E-state index contributed by atoms with van der Waals surface area (Å²) in [6.07, 6.45) is -11.5. The number of H-pyrrole nitrogens is 1. The summed E-state index contributed by atoms with van der Waals surface area (Å²) in [5, 5.41) is 20.7. The van der Waals surface area contributed by atoms with E-state index in [2.05, 4.69) is 19.9 Å². The fraction of sp³-hybridized carbons (Fsp3) is 0.450. The van der Waals surface area contributed by atoms with Gasteiger partial charge in [-0.3, -0.25) is 0 Å². The van der Waals surface area contributed by atoms with E-state index >= 15 is 0 Å². The summed E-state index contributed by atoms with van der Waals surface area (Å²) < 4.78 is 79.8. The largest absolute Gasteiger partial charge is 0.451 e. The zero-order valence-electron chi connectivity index (χ0n) is 17.3. The predicted molar refractivity (Wildman–Crippen MR) is 109 cm³/mol. The molecule has 1 aliphatic rings. The molecule has 14 heteroatoms. The van der Waals surface area contributed by atoms with Crippen molar-refractivity contribution in [3.8, 4) is 0 Å². The quantitative estimate of drug-likeness (QED) is 0.444. The van der Waals surface area contributed by atoms with Gasteiger partial charge in [0.1, 0.15) is 0 Å². The summed E-state index contributed by atoms with van der Waals surface area (Å²) in [7, 11) is 0. The maximum absolute atomic E-state index is 13.3. The third kappa shape index (κ3) is 4.77. The molecule has 3 N–H and O–H groups in total. The number of aromatic amines is 1. The highest BCUT2D eigenvalue weighted by Gasteiger charge is 2.43. The lowest BCUT2D eigenvalue weighted by Crippen LogP contribution is -2.39. The first-order valence-electron chi connectivity index (χ1n) is 10.1. The Labute approximate surface area is 193 Å². The molecule has 0 saturated heterocycles. The van der Waals surface area contributed by atoms with Crippen LogP contribution in [0, 0.1) is 0 Å². The van der Waals surface area contributed by atoms with Gasteiger partial charge in [-0.25, -0.2) is 4.98 Å². The first-order valence-corrected chi connectivity index (χ1v) is 10.5. The van der Waals surface area contributed by atoms with Crippen molar-refractivity contribution < 1.29 is 36.6 Å². The van der Waals surface area contributed by atoms with Crippen LogP contribution in [0.3, 0.4) is 0 Å². The highest BCUT2D eigenvalue weighted by Crippen LogP contribution is 2.41. The number of hydrogen-bond acceptors (Lipinski definition) is 6. The molecule has 3 aromatic rings. The topological polar surface area (TPSA) is 98.2 Å². The molecule has 0 aliphatic carbocycles. The minimum absolute atomic E-state index is 0.0262. The molecule has 0 radical (unpaired) electrons. The van der Waals surface area contributed by atoms with E-state index in [9.17, 15) is 31.4 Å². The monoisotopic (exact) mass is 509 g/mol. The molecule has 4 rings (SSSR count). The molecule has 7 nitrogen and oxygen atoms in total. The normalized spacial score (nSPS) is 17.8. The molecule has 0 fully saturated rings. The Morgan fingerprint density at radius 1 is 1.09 bits per heavy atom. The number of aliphatic hydroxyl groups excluding tert-OH is 2. The summed E-state index contributed by atoms with van der Waals surface area (Å²) in [6, 6.07) is 4.14. The van der Waals surface area contributed by atoms with Gasteiger partial charge in [0.2, 0.25) is 17.6 Å². The molecule has 1 aromatic carbocycles. The molecule has 34 heavy (non-hydrogen) atoms. The minimum Gasteiger partial charge on any atom is -0.396 e. The molecular weight excluding hydrogens is 492 g/mol. The fourth-order valence-electron chi connectivity index (χ4n) is 4.09. The van der Waals surface area contributed by atoms with Crippen LogP contribution in [0.1, 0.15) is 41.8 Å². The van der Waals surface area contributed by atoms with E-state index in [1.54, 1.807) is 18.2 Å². The summed E-state index contributed by atoms with van der Waals surface area (Å²) in [4.78, 5) is 13.5. The number of nitrogens with zero attached hydrogens (tertiary/aromatic N) is 4. The fourth-order valence-corrected chi connectivity index (χ4v) is 4.27. The summed E-state index contributed by atoms with van der Waals surface area (Å²) >= 11 is 6.09. The lowest BCUT2D eigenvalue weighted by atomic mass is 9.93. The number of hydrogen-bond donors (Lipinski definition) is 3. The van der Waals surface area contributed by atoms with E-state index in [1.807, 2.05) is 0 Å². The zero-order chi connectivity index (χ0) is 24.8. The van der Waals surface area contributed by atoms with Gasteiger partial charge in [-0.2, -0.15) is 36.3 Å². The van der Waals surface area contributed by atoms with Crippen LogP contribution in [-0.2, 0) is 18.8 Å². The van der Waals surface area contributed by atoms with Crippen molar-refractivity contribution >= 4 is 28.5 Å². The Bertz CT molecular complexity index is 1170. The van der Waals surface area contributed by atoms with Gasteiger partial charge in [0.05, 0.1) is 12.1 Å². The average molecular weight is 510 g/mol. The number of rotatable bonds is 5. The molecule has 0 spiro atoms. The Balaban J connectivity index is 1.86. The van der Waals surface area contributed by atoms with Gasteiger partial charge in [0.15, 0.2) is 0 Å². The van der Waals surface area contributed by atoms with E-state index < -0.39 is 42.1 Å². The number of halogens is 7. The number of benzene rings is 1. The van der Waals surface area contributed by atoms with Gasteiger partial charge in [-0.05, 0) is 43.0 Å². The lowest BCUT2D eigenvalue weighted by molar-refractivity contribution is -0.155. The van der Waals surface area contributed by atoms with Crippen molar-refractivity contribution in [2.24, 2.45) is 0 Å². The van der Waals surface area contributed by atoms with Gasteiger partial charge in [0.25, 0.3) is 0 Å². The molecule has 0 saturated carbocycles. The number of anilines is 1. The zero-order valence-corrected chi connectivity index (χ0v) is 18.0. The summed E-state index contributed by atoms with van der Waals surface area (Å²) in [6.45, 7) is -0.382. The molecule has 0 bridgehead atoms. The third-order valence-electron chi connectivity index (χ3n) is 5.56. The molecule has 1 aliphatic heterocycles. The first-order chi connectivity index (χ1) is 15.9. The van der Waals surface area contributed by atoms with Gasteiger partial charge in [-0.1, -0.05) is 11.6 Å². The molecule has 2 aromatic heterocycles. The van der Waals surface area contributed by atoms with Crippen LogP contribution in [0.25, 0.3) is 10.9 Å². The van der Waals surface area contributed by atoms with Crippen molar-refractivity contribution in [2.75, 3.05) is 18.1 Å². The smallest absolute Gasteiger partial charge is 0.396 e. The van der Waals surface area contributed by atoms with Gasteiger partial charge < -0.3 is 20.1 Å². The van der Waals surface area contributed by atoms with E-state index in [4.69, 9.17) is 16.7 Å². The van der Waals surface area contributed by atoms with Crippen molar-refractivity contribution in [2.45, 2.75) is 43.8 Å². The average Bonchev–Trinajstić information content (AvgIpc) is 3.11. The molecule has 2 atom stereocenters. The molecular formula is C20H18ClF6N5O2. The molecule has 0 unspecified atom stereocenters. The standard InChI is InChI=1S/C20H18ClF6N5O2/c21-9-1-2-13-12(7-9)11-3-5-32(14(15(11)28-13)8-10(34)4-6-33)18-30-16(19(22,23)24)29-17(31-18)20(25,26)27/h1-2,7,10,14,28,33-34H,3-6,8H2/t10-,14-/m0/s1. The lowest BCUT2D eigenvalue weighted by Gasteiger charge is -2.37. The SMILES string of the molecule is OCC[C@H](O)C[C@H]1c2[nH]c3ccc(Cl)cc3c2CCN1c1nc(C(F)(F)F)nc(C(F)(F)F)n1. The molecule has 184 valence electrons. The summed E-state index contributed by atoms with van der Waals surface area (Å²) in [5.41, 5.74) is 1.93. The molecule has 3 heterocycles. The number of fused-ring (bicyclic) bond motifs is 3. The van der Waals surface area contributed by atoms with Crippen LogP contribution in [-0.4, -0.2) is 49.4 Å². The minimum atomic E-state index is -5.23. The maximum Gasteiger partial charge on any atom is 0.451 e. The highest BCUT2D eigenvalue weighted by molar-refractivity contribution is 6.31. The Morgan fingerprint density at radius 3 is 2.32 bits per heavy atom. The van der Waals surface area contributed by atoms with Crippen LogP contribution in [0.15, 0.2) is 18.2 Å². The second kappa shape index (κ2) is 8.86. The first kappa shape index (κ1) is 24.5. The Hall–Kier alpha value is -2.64. The highest BCUT2D eigenvalue weighted by atomic mass is 35.5. The van der Waals surface area contributed by atoms with Crippen LogP contribution >= 0.6 is 11.6 Å². The number of aliphatic hydroxyl groups is 2. The van der Waals surface area contributed by atoms with Crippen LogP contribution in [0.4, 0.5) is 32.3 Å². The second-order valence-electron chi connectivity index (χ2n) is 7.85. The van der Waals surface area contributed by atoms with Crippen LogP contribution < -0.4 is 4.90 Å². The van der Waals surface area contributed by atoms with Crippen LogP contribution in [0.2, 0.25) is 5.02 Å². The number of alkyl halides is 6. The van der Waals surface area contributed by atoms with Gasteiger partial charge in [-0.15, -0.1) is 0 Å². The van der Waals surface area contributed by atoms with E-state index in [-0.39, 0.29) is 32.4 Å². The third-order valence-corrected chi connectivity index (χ3v) is 5.79. The Kier molecular flexibility index (Phi) is 6.38. The summed E-state index contributed by atoms with van der Waals surface area (Å²) in [5.74, 6) is -4.74. The van der Waals surface area contributed by atoms with Crippen molar-refractivity contribution in [3.05, 3.63) is 46.1 Å². The second-order valence-corrected chi connectivity index (χ2v) is 8.28. The van der Waals surface area contributed by atoms with Crippen molar-refractivity contribution in [1.82, 2.24) is 19.9 Å². The van der Waals surface area contributed by atoms with E-state index in [0.29, 0.717) is 16.2 Å². The number of aromatic nitrogens is 4. The Morgan fingerprint density at radius 2 is 1.74 bits per heavy atom.